The first kappa shape index (κ1) is 15.3. The van der Waals surface area contributed by atoms with Crippen LogP contribution in [0.2, 0.25) is 0 Å². The van der Waals surface area contributed by atoms with Gasteiger partial charge in [-0.3, -0.25) is 19.3 Å². The standard InChI is InChI=1S/C15H24N4O3/c1-17-6-2-3-15(14(17)22)4-7-19(11-15)13(21)10-18-8-5-16-12(20)9-18/h2-11H2,1H3,(H,16,20)/t15-/m0/s1. The van der Waals surface area contributed by atoms with Crippen LogP contribution in [0, 0.1) is 5.41 Å². The lowest BCUT2D eigenvalue weighted by Crippen LogP contribution is -2.52. The van der Waals surface area contributed by atoms with Crippen LogP contribution in [0.15, 0.2) is 0 Å². The molecule has 0 aromatic heterocycles. The summed E-state index contributed by atoms with van der Waals surface area (Å²) in [5.74, 6) is 0.194. The third-order valence-corrected chi connectivity index (χ3v) is 5.13. The molecule has 0 aromatic rings. The fourth-order valence-corrected chi connectivity index (χ4v) is 3.85. The highest BCUT2D eigenvalue weighted by atomic mass is 16.2. The lowest BCUT2D eigenvalue weighted by molar-refractivity contribution is -0.144. The lowest BCUT2D eigenvalue weighted by Gasteiger charge is -2.37. The van der Waals surface area contributed by atoms with E-state index in [-0.39, 0.29) is 36.2 Å². The number of hydrogen-bond donors (Lipinski definition) is 1. The summed E-state index contributed by atoms with van der Waals surface area (Å²) >= 11 is 0. The third kappa shape index (κ3) is 2.82. The molecule has 122 valence electrons. The van der Waals surface area contributed by atoms with Gasteiger partial charge in [0.05, 0.1) is 18.5 Å². The number of carbonyl (C=O) groups excluding carboxylic acids is 3. The van der Waals surface area contributed by atoms with Crippen molar-refractivity contribution in [3.8, 4) is 0 Å². The van der Waals surface area contributed by atoms with Crippen molar-refractivity contribution in [3.63, 3.8) is 0 Å². The number of hydrogen-bond acceptors (Lipinski definition) is 4. The molecule has 3 aliphatic rings. The van der Waals surface area contributed by atoms with Gasteiger partial charge in [-0.25, -0.2) is 0 Å². The van der Waals surface area contributed by atoms with Crippen LogP contribution in [0.1, 0.15) is 19.3 Å². The fourth-order valence-electron chi connectivity index (χ4n) is 3.85. The summed E-state index contributed by atoms with van der Waals surface area (Å²) in [4.78, 5) is 41.8. The summed E-state index contributed by atoms with van der Waals surface area (Å²) < 4.78 is 0. The normalized spacial score (nSPS) is 30.0. The summed E-state index contributed by atoms with van der Waals surface area (Å²) in [5.41, 5.74) is -0.359. The summed E-state index contributed by atoms with van der Waals surface area (Å²) in [5, 5.41) is 2.76. The molecule has 1 spiro atoms. The maximum absolute atomic E-state index is 12.5. The Hall–Kier alpha value is -1.63. The number of piperidine rings is 1. The van der Waals surface area contributed by atoms with Gasteiger partial charge in [0.15, 0.2) is 0 Å². The zero-order valence-electron chi connectivity index (χ0n) is 13.1. The second kappa shape index (κ2) is 5.87. The molecule has 1 atom stereocenters. The minimum atomic E-state index is -0.359. The van der Waals surface area contributed by atoms with Crippen LogP contribution >= 0.6 is 0 Å². The van der Waals surface area contributed by atoms with Crippen molar-refractivity contribution in [1.29, 1.82) is 0 Å². The topological polar surface area (TPSA) is 73.0 Å². The number of nitrogens with one attached hydrogen (secondary N) is 1. The third-order valence-electron chi connectivity index (χ3n) is 5.13. The maximum atomic E-state index is 12.5. The minimum absolute atomic E-state index is 0.0268. The first-order valence-electron chi connectivity index (χ1n) is 8.03. The molecule has 3 saturated heterocycles. The second-order valence-electron chi connectivity index (χ2n) is 6.74. The first-order chi connectivity index (χ1) is 10.5. The van der Waals surface area contributed by atoms with Crippen LogP contribution < -0.4 is 5.32 Å². The molecule has 0 radical (unpaired) electrons. The van der Waals surface area contributed by atoms with Gasteiger partial charge in [-0.1, -0.05) is 0 Å². The van der Waals surface area contributed by atoms with Gasteiger partial charge in [0.2, 0.25) is 17.7 Å². The largest absolute Gasteiger partial charge is 0.354 e. The van der Waals surface area contributed by atoms with Gasteiger partial charge < -0.3 is 15.1 Å². The number of carbonyl (C=O) groups is 3. The van der Waals surface area contributed by atoms with Gasteiger partial charge in [-0.05, 0) is 19.3 Å². The molecular weight excluding hydrogens is 284 g/mol. The molecule has 1 N–H and O–H groups in total. The second-order valence-corrected chi connectivity index (χ2v) is 6.74. The Morgan fingerprint density at radius 2 is 2.05 bits per heavy atom. The Balaban J connectivity index is 1.59. The smallest absolute Gasteiger partial charge is 0.236 e. The molecule has 3 rings (SSSR count). The van der Waals surface area contributed by atoms with E-state index in [1.165, 1.54) is 0 Å². The van der Waals surface area contributed by atoms with Crippen molar-refractivity contribution in [2.45, 2.75) is 19.3 Å². The molecule has 0 unspecified atom stereocenters. The van der Waals surface area contributed by atoms with Crippen molar-refractivity contribution in [1.82, 2.24) is 20.0 Å². The highest BCUT2D eigenvalue weighted by Gasteiger charge is 2.48. The van der Waals surface area contributed by atoms with E-state index in [4.69, 9.17) is 0 Å². The van der Waals surface area contributed by atoms with E-state index in [2.05, 4.69) is 5.32 Å². The SMILES string of the molecule is CN1CCC[C@@]2(CCN(C(=O)CN3CCNC(=O)C3)C2)C1=O. The number of piperazine rings is 1. The molecule has 0 aromatic carbocycles. The number of rotatable bonds is 2. The number of likely N-dealkylation sites (tertiary alicyclic amines) is 2. The van der Waals surface area contributed by atoms with Gasteiger partial charge in [0.25, 0.3) is 0 Å². The molecule has 3 heterocycles. The van der Waals surface area contributed by atoms with Crippen molar-refractivity contribution in [3.05, 3.63) is 0 Å². The maximum Gasteiger partial charge on any atom is 0.236 e. The van der Waals surface area contributed by atoms with Crippen LogP contribution in [0.5, 0.6) is 0 Å². The molecule has 3 aliphatic heterocycles. The fraction of sp³-hybridized carbons (Fsp3) is 0.800. The molecular formula is C15H24N4O3. The van der Waals surface area contributed by atoms with Crippen molar-refractivity contribution < 1.29 is 14.4 Å². The predicted molar refractivity (Wildman–Crippen MR) is 80.0 cm³/mol. The molecule has 3 fully saturated rings. The Bertz CT molecular complexity index is 495. The molecule has 0 bridgehead atoms. The molecule has 0 saturated carbocycles. The zero-order valence-corrected chi connectivity index (χ0v) is 13.1. The summed E-state index contributed by atoms with van der Waals surface area (Å²) in [7, 11) is 1.85. The minimum Gasteiger partial charge on any atom is -0.354 e. The van der Waals surface area contributed by atoms with Gasteiger partial charge in [-0.2, -0.15) is 0 Å². The van der Waals surface area contributed by atoms with Crippen LogP contribution in [-0.4, -0.2) is 85.3 Å². The average Bonchev–Trinajstić information content (AvgIpc) is 2.90. The molecule has 0 aliphatic carbocycles. The zero-order chi connectivity index (χ0) is 15.7. The van der Waals surface area contributed by atoms with Crippen molar-refractivity contribution in [2.75, 3.05) is 52.9 Å². The van der Waals surface area contributed by atoms with Crippen LogP contribution in [0.3, 0.4) is 0 Å². The molecule has 22 heavy (non-hydrogen) atoms. The van der Waals surface area contributed by atoms with E-state index in [1.54, 1.807) is 4.90 Å². The predicted octanol–water partition coefficient (Wildman–Crippen LogP) is -1.11. The van der Waals surface area contributed by atoms with Gasteiger partial charge in [0, 0.05) is 39.8 Å². The number of nitrogens with zero attached hydrogens (tertiary/aromatic N) is 3. The Kier molecular flexibility index (Phi) is 4.08. The monoisotopic (exact) mass is 308 g/mol. The van der Waals surface area contributed by atoms with Crippen LogP contribution in [-0.2, 0) is 14.4 Å². The van der Waals surface area contributed by atoms with Crippen LogP contribution in [0.25, 0.3) is 0 Å². The van der Waals surface area contributed by atoms with E-state index in [1.807, 2.05) is 16.8 Å². The van der Waals surface area contributed by atoms with E-state index in [0.717, 1.165) is 25.8 Å². The quantitative estimate of drug-likeness (QED) is 0.702. The van der Waals surface area contributed by atoms with Gasteiger partial charge in [0.1, 0.15) is 0 Å². The van der Waals surface area contributed by atoms with E-state index < -0.39 is 0 Å². The molecule has 3 amide bonds. The Labute approximate surface area is 130 Å². The Morgan fingerprint density at radius 1 is 1.23 bits per heavy atom. The summed E-state index contributed by atoms with van der Waals surface area (Å²) in [6, 6.07) is 0. The van der Waals surface area contributed by atoms with Gasteiger partial charge >= 0.3 is 0 Å². The highest BCUT2D eigenvalue weighted by molar-refractivity contribution is 5.86. The first-order valence-corrected chi connectivity index (χ1v) is 8.03. The Morgan fingerprint density at radius 3 is 2.82 bits per heavy atom. The van der Waals surface area contributed by atoms with Crippen molar-refractivity contribution >= 4 is 17.7 Å². The van der Waals surface area contributed by atoms with E-state index >= 15 is 0 Å². The molecule has 7 nitrogen and oxygen atoms in total. The van der Waals surface area contributed by atoms with Crippen molar-refractivity contribution in [2.24, 2.45) is 5.41 Å². The lowest BCUT2D eigenvalue weighted by atomic mass is 9.78. The van der Waals surface area contributed by atoms with Crippen LogP contribution in [0.4, 0.5) is 0 Å². The van der Waals surface area contributed by atoms with E-state index in [9.17, 15) is 14.4 Å². The van der Waals surface area contributed by atoms with Gasteiger partial charge in [-0.15, -0.1) is 0 Å². The molecule has 7 heteroatoms. The summed E-state index contributed by atoms with van der Waals surface area (Å²) in [6.45, 7) is 3.86. The number of amides is 3. The van der Waals surface area contributed by atoms with E-state index in [0.29, 0.717) is 26.2 Å². The summed E-state index contributed by atoms with van der Waals surface area (Å²) in [6.07, 6.45) is 2.66. The highest BCUT2D eigenvalue weighted by Crippen LogP contribution is 2.39. The average molecular weight is 308 g/mol.